The van der Waals surface area contributed by atoms with E-state index in [1.165, 1.54) is 0 Å². The lowest BCUT2D eigenvalue weighted by Crippen LogP contribution is -1.91. The number of hydrogen-bond donors (Lipinski definition) is 0. The molecule has 0 saturated carbocycles. The van der Waals surface area contributed by atoms with E-state index in [2.05, 4.69) is 26.0 Å². The molecule has 3 nitrogen and oxygen atoms in total. The van der Waals surface area contributed by atoms with Crippen LogP contribution >= 0.6 is 15.9 Å². The van der Waals surface area contributed by atoms with Crippen LogP contribution in [0.1, 0.15) is 10.4 Å². The third-order valence-corrected chi connectivity index (χ3v) is 2.28. The second-order valence-corrected chi connectivity index (χ2v) is 3.40. The van der Waals surface area contributed by atoms with E-state index in [1.54, 1.807) is 0 Å². The average molecular weight is 226 g/mol. The predicted molar refractivity (Wildman–Crippen MR) is 52.1 cm³/mol. The standard InChI is InChI=1S/C8H8BrN3/c9-8(6-11-12-10)7-4-2-1-3-5-7/h1-5,8H,6H2. The number of rotatable bonds is 3. The summed E-state index contributed by atoms with van der Waals surface area (Å²) in [5.41, 5.74) is 9.23. The lowest BCUT2D eigenvalue weighted by atomic mass is 10.2. The first-order valence-corrected chi connectivity index (χ1v) is 4.46. The summed E-state index contributed by atoms with van der Waals surface area (Å²) in [7, 11) is 0. The van der Waals surface area contributed by atoms with Crippen molar-refractivity contribution in [3.05, 3.63) is 46.3 Å². The molecule has 0 heterocycles. The molecule has 12 heavy (non-hydrogen) atoms. The summed E-state index contributed by atoms with van der Waals surface area (Å²) in [5, 5.41) is 3.48. The van der Waals surface area contributed by atoms with Gasteiger partial charge in [-0.25, -0.2) is 0 Å². The maximum atomic E-state index is 8.10. The van der Waals surface area contributed by atoms with Crippen LogP contribution in [0.4, 0.5) is 0 Å². The fraction of sp³-hybridized carbons (Fsp3) is 0.250. The van der Waals surface area contributed by atoms with Gasteiger partial charge in [0.15, 0.2) is 0 Å². The van der Waals surface area contributed by atoms with Crippen molar-refractivity contribution in [2.45, 2.75) is 4.83 Å². The van der Waals surface area contributed by atoms with Crippen LogP contribution in [0.25, 0.3) is 10.4 Å². The molecule has 0 aromatic heterocycles. The highest BCUT2D eigenvalue weighted by Crippen LogP contribution is 2.22. The van der Waals surface area contributed by atoms with E-state index in [9.17, 15) is 0 Å². The SMILES string of the molecule is [N-]=[N+]=NCC(Br)c1ccccc1. The van der Waals surface area contributed by atoms with Crippen molar-refractivity contribution >= 4 is 15.9 Å². The Kier molecular flexibility index (Phi) is 3.64. The molecule has 0 aliphatic heterocycles. The summed E-state index contributed by atoms with van der Waals surface area (Å²) >= 11 is 3.42. The minimum atomic E-state index is 0.120. The molecular formula is C8H8BrN3. The molecule has 1 unspecified atom stereocenters. The van der Waals surface area contributed by atoms with Crippen molar-refractivity contribution in [2.75, 3.05) is 6.54 Å². The molecule has 0 N–H and O–H groups in total. The number of azide groups is 1. The molecule has 1 aromatic rings. The second kappa shape index (κ2) is 4.80. The molecule has 1 atom stereocenters. The molecule has 0 aliphatic rings. The van der Waals surface area contributed by atoms with Gasteiger partial charge < -0.3 is 0 Å². The molecule has 62 valence electrons. The van der Waals surface area contributed by atoms with E-state index in [4.69, 9.17) is 5.53 Å². The van der Waals surface area contributed by atoms with Crippen molar-refractivity contribution in [1.29, 1.82) is 0 Å². The Hall–Kier alpha value is -0.990. The highest BCUT2D eigenvalue weighted by Gasteiger charge is 2.03. The predicted octanol–water partition coefficient (Wildman–Crippen LogP) is 3.43. The van der Waals surface area contributed by atoms with Crippen LogP contribution in [0.3, 0.4) is 0 Å². The Morgan fingerprint density at radius 1 is 1.42 bits per heavy atom. The van der Waals surface area contributed by atoms with Crippen LogP contribution in [0.2, 0.25) is 0 Å². The van der Waals surface area contributed by atoms with E-state index >= 15 is 0 Å². The first-order valence-electron chi connectivity index (χ1n) is 3.54. The van der Waals surface area contributed by atoms with E-state index in [0.717, 1.165) is 5.56 Å². The fourth-order valence-electron chi connectivity index (χ4n) is 0.875. The minimum Gasteiger partial charge on any atom is -0.0925 e. The van der Waals surface area contributed by atoms with E-state index < -0.39 is 0 Å². The van der Waals surface area contributed by atoms with Crippen molar-refractivity contribution in [3.63, 3.8) is 0 Å². The molecule has 0 spiro atoms. The summed E-state index contributed by atoms with van der Waals surface area (Å²) in [5.74, 6) is 0. The van der Waals surface area contributed by atoms with Gasteiger partial charge in [-0.2, -0.15) is 0 Å². The van der Waals surface area contributed by atoms with Crippen molar-refractivity contribution < 1.29 is 0 Å². The lowest BCUT2D eigenvalue weighted by Gasteiger charge is -2.04. The van der Waals surface area contributed by atoms with Gasteiger partial charge in [0.2, 0.25) is 0 Å². The molecule has 1 rings (SSSR count). The molecule has 0 radical (unpaired) electrons. The Morgan fingerprint density at radius 3 is 2.67 bits per heavy atom. The number of alkyl halides is 1. The monoisotopic (exact) mass is 225 g/mol. The van der Waals surface area contributed by atoms with Gasteiger partial charge in [0.05, 0.1) is 0 Å². The first kappa shape index (κ1) is 9.10. The zero-order valence-corrected chi connectivity index (χ0v) is 7.98. The van der Waals surface area contributed by atoms with Crippen LogP contribution in [0.5, 0.6) is 0 Å². The molecule has 0 amide bonds. The Balaban J connectivity index is 2.65. The van der Waals surface area contributed by atoms with Gasteiger partial charge in [0.1, 0.15) is 0 Å². The van der Waals surface area contributed by atoms with Gasteiger partial charge in [-0.3, -0.25) is 0 Å². The molecular weight excluding hydrogens is 218 g/mol. The third-order valence-electron chi connectivity index (χ3n) is 1.47. The van der Waals surface area contributed by atoms with Gasteiger partial charge in [0.25, 0.3) is 0 Å². The van der Waals surface area contributed by atoms with E-state index in [-0.39, 0.29) is 4.83 Å². The summed E-state index contributed by atoms with van der Waals surface area (Å²) in [6.07, 6.45) is 0. The normalized spacial score (nSPS) is 11.8. The van der Waals surface area contributed by atoms with Crippen molar-refractivity contribution in [2.24, 2.45) is 5.11 Å². The minimum absolute atomic E-state index is 0.120. The molecule has 0 aliphatic carbocycles. The van der Waals surface area contributed by atoms with E-state index in [0.29, 0.717) is 6.54 Å². The number of hydrogen-bond acceptors (Lipinski definition) is 1. The van der Waals surface area contributed by atoms with Gasteiger partial charge >= 0.3 is 0 Å². The summed E-state index contributed by atoms with van der Waals surface area (Å²) < 4.78 is 0. The number of benzene rings is 1. The van der Waals surface area contributed by atoms with Gasteiger partial charge in [-0.1, -0.05) is 51.4 Å². The Labute approximate surface area is 79.2 Å². The van der Waals surface area contributed by atoms with Crippen LogP contribution in [0, 0.1) is 0 Å². The maximum absolute atomic E-state index is 8.10. The second-order valence-electron chi connectivity index (χ2n) is 2.29. The van der Waals surface area contributed by atoms with Gasteiger partial charge in [-0.05, 0) is 11.1 Å². The molecule has 0 bridgehead atoms. The molecule has 4 heteroatoms. The summed E-state index contributed by atoms with van der Waals surface area (Å²) in [6, 6.07) is 9.86. The topological polar surface area (TPSA) is 48.8 Å². The molecule has 1 aromatic carbocycles. The highest BCUT2D eigenvalue weighted by molar-refractivity contribution is 9.09. The third kappa shape index (κ3) is 2.57. The largest absolute Gasteiger partial charge is 0.0925 e. The van der Waals surface area contributed by atoms with Crippen molar-refractivity contribution in [3.8, 4) is 0 Å². The zero-order chi connectivity index (χ0) is 8.81. The highest BCUT2D eigenvalue weighted by atomic mass is 79.9. The Bertz CT molecular complexity index is 280. The van der Waals surface area contributed by atoms with E-state index in [1.807, 2.05) is 30.3 Å². The van der Waals surface area contributed by atoms with Crippen molar-refractivity contribution in [1.82, 2.24) is 0 Å². The Morgan fingerprint density at radius 2 is 2.08 bits per heavy atom. The first-order chi connectivity index (χ1) is 5.84. The fourth-order valence-corrected chi connectivity index (χ4v) is 1.31. The lowest BCUT2D eigenvalue weighted by molar-refractivity contribution is 0.946. The average Bonchev–Trinajstić information content (AvgIpc) is 2.15. The van der Waals surface area contributed by atoms with Crippen LogP contribution < -0.4 is 0 Å². The van der Waals surface area contributed by atoms with Crippen LogP contribution in [0.15, 0.2) is 35.4 Å². The quantitative estimate of drug-likeness (QED) is 0.328. The summed E-state index contributed by atoms with van der Waals surface area (Å²) in [4.78, 5) is 2.82. The molecule has 0 fully saturated rings. The smallest absolute Gasteiger partial charge is 0.0451 e. The maximum Gasteiger partial charge on any atom is 0.0451 e. The van der Waals surface area contributed by atoms with Gasteiger partial charge in [0, 0.05) is 16.3 Å². The number of halogens is 1. The van der Waals surface area contributed by atoms with Crippen LogP contribution in [-0.4, -0.2) is 6.54 Å². The molecule has 0 saturated heterocycles. The number of nitrogens with zero attached hydrogens (tertiary/aromatic N) is 3. The zero-order valence-electron chi connectivity index (χ0n) is 6.39. The van der Waals surface area contributed by atoms with Gasteiger partial charge in [-0.15, -0.1) is 0 Å². The summed E-state index contributed by atoms with van der Waals surface area (Å²) in [6.45, 7) is 0.445. The van der Waals surface area contributed by atoms with Crippen LogP contribution in [-0.2, 0) is 0 Å².